The second-order valence-corrected chi connectivity index (χ2v) is 6.72. The predicted octanol–water partition coefficient (Wildman–Crippen LogP) is 1.66. The highest BCUT2D eigenvalue weighted by Crippen LogP contribution is 2.26. The summed E-state index contributed by atoms with van der Waals surface area (Å²) >= 11 is 0. The van der Waals surface area contributed by atoms with Gasteiger partial charge in [0.15, 0.2) is 0 Å². The van der Waals surface area contributed by atoms with Crippen molar-refractivity contribution in [2.75, 3.05) is 19.6 Å². The average Bonchev–Trinajstić information content (AvgIpc) is 2.68. The maximum absolute atomic E-state index is 13.1. The average molecular weight is 367 g/mol. The molecule has 4 N–H and O–H groups in total. The summed E-state index contributed by atoms with van der Waals surface area (Å²) in [6.07, 6.45) is 3.67. The number of primary amides is 1. The lowest BCUT2D eigenvalue weighted by Gasteiger charge is -2.37. The topological polar surface area (TPSA) is 100 Å². The number of piperazine rings is 1. The Hall–Kier alpha value is -2.93. The zero-order valence-corrected chi connectivity index (χ0v) is 15.4. The van der Waals surface area contributed by atoms with Gasteiger partial charge in [-0.15, -0.1) is 0 Å². The minimum Gasteiger partial charge on any atom is -0.352 e. The maximum atomic E-state index is 13.1. The van der Waals surface area contributed by atoms with E-state index in [1.54, 1.807) is 12.4 Å². The fraction of sp³-hybridized carbons (Fsp3) is 0.350. The minimum absolute atomic E-state index is 0.0210. The third-order valence-corrected chi connectivity index (χ3v) is 4.89. The van der Waals surface area contributed by atoms with Gasteiger partial charge in [-0.2, -0.15) is 0 Å². The molecular weight excluding hydrogens is 342 g/mol. The Balaban J connectivity index is 1.81. The molecule has 0 aliphatic carbocycles. The maximum Gasteiger partial charge on any atom is 0.312 e. The van der Waals surface area contributed by atoms with Crippen LogP contribution in [0.15, 0.2) is 48.8 Å². The van der Waals surface area contributed by atoms with Gasteiger partial charge >= 0.3 is 6.03 Å². The molecule has 0 spiro atoms. The lowest BCUT2D eigenvalue weighted by molar-refractivity contribution is -0.135. The zero-order valence-electron chi connectivity index (χ0n) is 15.4. The molecule has 0 bridgehead atoms. The van der Waals surface area contributed by atoms with Gasteiger partial charge in [-0.3, -0.25) is 9.78 Å². The number of rotatable bonds is 5. The normalized spacial score (nSPS) is 18.0. The summed E-state index contributed by atoms with van der Waals surface area (Å²) < 4.78 is 0. The largest absolute Gasteiger partial charge is 0.352 e. The van der Waals surface area contributed by atoms with E-state index in [0.29, 0.717) is 13.1 Å². The first kappa shape index (κ1) is 18.8. The molecule has 2 atom stereocenters. The number of urea groups is 1. The molecule has 2 unspecified atom stereocenters. The second-order valence-electron chi connectivity index (χ2n) is 6.72. The van der Waals surface area contributed by atoms with Crippen molar-refractivity contribution in [3.05, 3.63) is 65.5 Å². The van der Waals surface area contributed by atoms with E-state index in [-0.39, 0.29) is 18.4 Å². The zero-order chi connectivity index (χ0) is 19.2. The summed E-state index contributed by atoms with van der Waals surface area (Å²) in [5.74, 6) is -0.0210. The third kappa shape index (κ3) is 4.62. The lowest BCUT2D eigenvalue weighted by atomic mass is 9.97. The first-order chi connectivity index (χ1) is 13.1. The van der Waals surface area contributed by atoms with E-state index in [0.717, 1.165) is 23.2 Å². The summed E-state index contributed by atoms with van der Waals surface area (Å²) in [6, 6.07) is 10.4. The van der Waals surface area contributed by atoms with E-state index < -0.39 is 12.1 Å². The quantitative estimate of drug-likeness (QED) is 0.748. The van der Waals surface area contributed by atoms with Crippen LogP contribution in [0.3, 0.4) is 0 Å². The summed E-state index contributed by atoms with van der Waals surface area (Å²) in [7, 11) is 0. The Kier molecular flexibility index (Phi) is 6.03. The summed E-state index contributed by atoms with van der Waals surface area (Å²) in [4.78, 5) is 30.7. The smallest absolute Gasteiger partial charge is 0.312 e. The van der Waals surface area contributed by atoms with Crippen LogP contribution in [0.2, 0.25) is 0 Å². The van der Waals surface area contributed by atoms with Gasteiger partial charge in [0.2, 0.25) is 5.91 Å². The summed E-state index contributed by atoms with van der Waals surface area (Å²) in [6.45, 7) is 3.98. The number of nitrogens with one attached hydrogen (secondary N) is 2. The molecule has 1 saturated heterocycles. The summed E-state index contributed by atoms with van der Waals surface area (Å²) in [5, 5.41) is 6.06. The van der Waals surface area contributed by atoms with Gasteiger partial charge in [0.05, 0.1) is 18.5 Å². The molecule has 27 heavy (non-hydrogen) atoms. The molecule has 2 aromatic rings. The first-order valence-electron chi connectivity index (χ1n) is 9.08. The number of benzene rings is 1. The number of hydrogen-bond acceptors (Lipinski definition) is 4. The summed E-state index contributed by atoms with van der Waals surface area (Å²) in [5.41, 5.74) is 8.26. The molecule has 0 saturated carbocycles. The van der Waals surface area contributed by atoms with E-state index in [2.05, 4.69) is 15.6 Å². The SMILES string of the molecule is Cc1ccccc1C(CC(=O)N1CCNCC1c1cccnc1)NC(N)=O. The number of amides is 3. The van der Waals surface area contributed by atoms with Crippen LogP contribution in [0, 0.1) is 6.92 Å². The van der Waals surface area contributed by atoms with Crippen molar-refractivity contribution in [1.82, 2.24) is 20.5 Å². The van der Waals surface area contributed by atoms with Crippen LogP contribution in [-0.4, -0.2) is 41.5 Å². The Morgan fingerprint density at radius 1 is 1.33 bits per heavy atom. The van der Waals surface area contributed by atoms with Crippen molar-refractivity contribution in [2.24, 2.45) is 5.73 Å². The number of nitrogens with zero attached hydrogens (tertiary/aromatic N) is 2. The number of carbonyl (C=O) groups is 2. The van der Waals surface area contributed by atoms with E-state index >= 15 is 0 Å². The van der Waals surface area contributed by atoms with Crippen LogP contribution in [0.4, 0.5) is 4.79 Å². The molecule has 7 heteroatoms. The molecule has 7 nitrogen and oxygen atoms in total. The van der Waals surface area contributed by atoms with E-state index in [1.165, 1.54) is 0 Å². The van der Waals surface area contributed by atoms with E-state index in [9.17, 15) is 9.59 Å². The molecule has 1 aromatic carbocycles. The minimum atomic E-state index is -0.639. The Bertz CT molecular complexity index is 796. The van der Waals surface area contributed by atoms with Gasteiger partial charge < -0.3 is 21.3 Å². The van der Waals surface area contributed by atoms with E-state index in [4.69, 9.17) is 5.73 Å². The van der Waals surface area contributed by atoms with Crippen LogP contribution in [0.25, 0.3) is 0 Å². The highest BCUT2D eigenvalue weighted by atomic mass is 16.2. The van der Waals surface area contributed by atoms with Crippen molar-refractivity contribution in [3.8, 4) is 0 Å². The highest BCUT2D eigenvalue weighted by Gasteiger charge is 2.30. The molecule has 142 valence electrons. The first-order valence-corrected chi connectivity index (χ1v) is 9.08. The number of nitrogens with two attached hydrogens (primary N) is 1. The lowest BCUT2D eigenvalue weighted by Crippen LogP contribution is -2.49. The fourth-order valence-corrected chi connectivity index (χ4v) is 3.55. The number of aromatic nitrogens is 1. The van der Waals surface area contributed by atoms with Crippen molar-refractivity contribution in [3.63, 3.8) is 0 Å². The fourth-order valence-electron chi connectivity index (χ4n) is 3.55. The molecule has 0 radical (unpaired) electrons. The Labute approximate surface area is 159 Å². The van der Waals surface area contributed by atoms with Crippen molar-refractivity contribution < 1.29 is 9.59 Å². The number of hydrogen-bond donors (Lipinski definition) is 3. The molecule has 1 aliphatic rings. The van der Waals surface area contributed by atoms with Crippen LogP contribution in [0.5, 0.6) is 0 Å². The van der Waals surface area contributed by atoms with Gasteiger partial charge in [-0.05, 0) is 29.7 Å². The van der Waals surface area contributed by atoms with Gasteiger partial charge in [0.25, 0.3) is 0 Å². The molecule has 2 heterocycles. The van der Waals surface area contributed by atoms with Crippen LogP contribution in [0.1, 0.15) is 35.2 Å². The third-order valence-electron chi connectivity index (χ3n) is 4.89. The van der Waals surface area contributed by atoms with Crippen LogP contribution >= 0.6 is 0 Å². The molecular formula is C20H25N5O2. The van der Waals surface area contributed by atoms with Gasteiger partial charge in [-0.1, -0.05) is 30.3 Å². The number of carbonyl (C=O) groups excluding carboxylic acids is 2. The van der Waals surface area contributed by atoms with Crippen molar-refractivity contribution >= 4 is 11.9 Å². The second kappa shape index (κ2) is 8.64. The standard InChI is InChI=1S/C20H25N5O2/c1-14-5-2-3-7-16(14)17(24-20(21)27)11-19(26)25-10-9-23-13-18(25)15-6-4-8-22-12-15/h2-8,12,17-18,23H,9-11,13H2,1H3,(H3,21,24,27). The highest BCUT2D eigenvalue weighted by molar-refractivity contribution is 5.79. The van der Waals surface area contributed by atoms with E-state index in [1.807, 2.05) is 48.2 Å². The molecule has 1 fully saturated rings. The Morgan fingerprint density at radius 3 is 2.85 bits per heavy atom. The van der Waals surface area contributed by atoms with Gasteiger partial charge in [0.1, 0.15) is 0 Å². The molecule has 3 rings (SSSR count). The Morgan fingerprint density at radius 2 is 2.15 bits per heavy atom. The number of aryl methyl sites for hydroxylation is 1. The van der Waals surface area contributed by atoms with Crippen LogP contribution in [-0.2, 0) is 4.79 Å². The molecule has 1 aliphatic heterocycles. The van der Waals surface area contributed by atoms with Gasteiger partial charge in [-0.25, -0.2) is 4.79 Å². The van der Waals surface area contributed by atoms with Crippen molar-refractivity contribution in [1.29, 1.82) is 0 Å². The predicted molar refractivity (Wildman–Crippen MR) is 103 cm³/mol. The molecule has 3 amide bonds. The van der Waals surface area contributed by atoms with Crippen LogP contribution < -0.4 is 16.4 Å². The van der Waals surface area contributed by atoms with Crippen molar-refractivity contribution in [2.45, 2.75) is 25.4 Å². The monoisotopic (exact) mass is 367 g/mol. The number of pyridine rings is 1. The molecule has 1 aromatic heterocycles. The van der Waals surface area contributed by atoms with Gasteiger partial charge in [0, 0.05) is 32.0 Å².